The highest BCUT2D eigenvalue weighted by Gasteiger charge is 2.14. The lowest BCUT2D eigenvalue weighted by Crippen LogP contribution is -2.22. The van der Waals surface area contributed by atoms with E-state index in [4.69, 9.17) is 11.6 Å². The van der Waals surface area contributed by atoms with E-state index in [1.165, 1.54) is 0 Å². The van der Waals surface area contributed by atoms with Crippen LogP contribution in [0.5, 0.6) is 0 Å². The van der Waals surface area contributed by atoms with Gasteiger partial charge >= 0.3 is 0 Å². The minimum absolute atomic E-state index is 0.0118. The van der Waals surface area contributed by atoms with E-state index in [1.54, 1.807) is 18.0 Å². The summed E-state index contributed by atoms with van der Waals surface area (Å²) in [6, 6.07) is 7.96. The number of anilines is 1. The Hall–Kier alpha value is -1.46. The Bertz CT molecular complexity index is 625. The molecule has 1 aromatic heterocycles. The van der Waals surface area contributed by atoms with Gasteiger partial charge in [0.25, 0.3) is 0 Å². The maximum atomic E-state index is 12.2. The van der Waals surface area contributed by atoms with Crippen LogP contribution in [0.3, 0.4) is 0 Å². The van der Waals surface area contributed by atoms with Crippen LogP contribution in [0.1, 0.15) is 32.4 Å². The van der Waals surface area contributed by atoms with Gasteiger partial charge in [-0.2, -0.15) is 5.10 Å². The van der Waals surface area contributed by atoms with Crippen LogP contribution in [0, 0.1) is 0 Å². The molecule has 1 atom stereocenters. The van der Waals surface area contributed by atoms with E-state index in [1.807, 2.05) is 55.9 Å². The normalized spacial score (nSPS) is 12.4. The van der Waals surface area contributed by atoms with Crippen molar-refractivity contribution >= 4 is 35.0 Å². The molecule has 22 heavy (non-hydrogen) atoms. The standard InChI is InChI=1S/C16H20ClN3OS/c1-11(2)20-9-15(8-18-20)19-16(21)12(3)22-10-13-4-6-14(17)7-5-13/h4-9,11-12H,10H2,1-3H3,(H,19,21). The van der Waals surface area contributed by atoms with Crippen molar-refractivity contribution < 1.29 is 4.79 Å². The molecule has 1 aromatic carbocycles. The Balaban J connectivity index is 1.84. The molecule has 0 aliphatic heterocycles. The molecule has 2 aromatic rings. The fourth-order valence-corrected chi connectivity index (χ4v) is 2.78. The molecule has 6 heteroatoms. The van der Waals surface area contributed by atoms with Crippen molar-refractivity contribution in [3.8, 4) is 0 Å². The van der Waals surface area contributed by atoms with Crippen LogP contribution in [-0.2, 0) is 10.5 Å². The lowest BCUT2D eigenvalue weighted by molar-refractivity contribution is -0.115. The lowest BCUT2D eigenvalue weighted by atomic mass is 10.2. The first kappa shape index (κ1) is 16.9. The summed E-state index contributed by atoms with van der Waals surface area (Å²) in [5, 5.41) is 7.69. The quantitative estimate of drug-likeness (QED) is 0.851. The number of aromatic nitrogens is 2. The van der Waals surface area contributed by atoms with Gasteiger partial charge in [-0.05, 0) is 38.5 Å². The highest BCUT2D eigenvalue weighted by molar-refractivity contribution is 7.99. The highest BCUT2D eigenvalue weighted by atomic mass is 35.5. The van der Waals surface area contributed by atoms with Crippen LogP contribution in [-0.4, -0.2) is 20.9 Å². The zero-order chi connectivity index (χ0) is 16.1. The zero-order valence-electron chi connectivity index (χ0n) is 12.9. The second-order valence-electron chi connectivity index (χ2n) is 5.37. The molecule has 2 rings (SSSR count). The van der Waals surface area contributed by atoms with Gasteiger partial charge in [0.05, 0.1) is 17.1 Å². The second-order valence-corrected chi connectivity index (χ2v) is 7.14. The van der Waals surface area contributed by atoms with Gasteiger partial charge in [0.15, 0.2) is 0 Å². The Morgan fingerprint density at radius 3 is 2.59 bits per heavy atom. The molecule has 1 unspecified atom stereocenters. The first-order chi connectivity index (χ1) is 10.5. The van der Waals surface area contributed by atoms with E-state index in [0.29, 0.717) is 0 Å². The monoisotopic (exact) mass is 337 g/mol. The van der Waals surface area contributed by atoms with Crippen LogP contribution in [0.2, 0.25) is 5.02 Å². The first-order valence-electron chi connectivity index (χ1n) is 7.17. The van der Waals surface area contributed by atoms with Crippen LogP contribution < -0.4 is 5.32 Å². The Morgan fingerprint density at radius 2 is 2.00 bits per heavy atom. The van der Waals surface area contributed by atoms with E-state index in [2.05, 4.69) is 10.4 Å². The molecule has 0 aliphatic rings. The number of hydrogen-bond donors (Lipinski definition) is 1. The van der Waals surface area contributed by atoms with Gasteiger partial charge in [0.1, 0.15) is 0 Å². The van der Waals surface area contributed by atoms with Gasteiger partial charge in [0, 0.05) is 23.0 Å². The van der Waals surface area contributed by atoms with Gasteiger partial charge in [0.2, 0.25) is 5.91 Å². The SMILES string of the molecule is CC(SCc1ccc(Cl)cc1)C(=O)Nc1cnn(C(C)C)c1. The molecular weight excluding hydrogens is 318 g/mol. The molecule has 0 bridgehead atoms. The molecule has 0 saturated carbocycles. The number of benzene rings is 1. The molecule has 0 saturated heterocycles. The number of amides is 1. The van der Waals surface area contributed by atoms with Crippen LogP contribution in [0.25, 0.3) is 0 Å². The lowest BCUT2D eigenvalue weighted by Gasteiger charge is -2.11. The summed E-state index contributed by atoms with van der Waals surface area (Å²) in [5.41, 5.74) is 1.89. The van der Waals surface area contributed by atoms with Crippen LogP contribution >= 0.6 is 23.4 Å². The number of rotatable bonds is 6. The number of thioether (sulfide) groups is 1. The minimum atomic E-state index is -0.141. The van der Waals surface area contributed by atoms with Crippen molar-refractivity contribution in [2.75, 3.05) is 5.32 Å². The highest BCUT2D eigenvalue weighted by Crippen LogP contribution is 2.20. The fraction of sp³-hybridized carbons (Fsp3) is 0.375. The third-order valence-corrected chi connectivity index (χ3v) is 4.65. The van der Waals surface area contributed by atoms with E-state index in [9.17, 15) is 4.79 Å². The van der Waals surface area contributed by atoms with Crippen molar-refractivity contribution in [1.29, 1.82) is 0 Å². The number of carbonyl (C=O) groups excluding carboxylic acids is 1. The molecule has 118 valence electrons. The smallest absolute Gasteiger partial charge is 0.237 e. The van der Waals surface area contributed by atoms with E-state index in [0.717, 1.165) is 22.0 Å². The average molecular weight is 338 g/mol. The van der Waals surface area contributed by atoms with Gasteiger partial charge < -0.3 is 5.32 Å². The predicted molar refractivity (Wildman–Crippen MR) is 93.5 cm³/mol. The van der Waals surface area contributed by atoms with E-state index in [-0.39, 0.29) is 17.2 Å². The fourth-order valence-electron chi connectivity index (χ4n) is 1.81. The van der Waals surface area contributed by atoms with Crippen LogP contribution in [0.15, 0.2) is 36.7 Å². The molecule has 1 amide bonds. The molecule has 0 spiro atoms. The van der Waals surface area contributed by atoms with Crippen molar-refractivity contribution in [2.45, 2.75) is 37.8 Å². The topological polar surface area (TPSA) is 46.9 Å². The Labute approximate surface area is 140 Å². The molecule has 1 heterocycles. The van der Waals surface area contributed by atoms with Crippen molar-refractivity contribution in [2.24, 2.45) is 0 Å². The predicted octanol–water partition coefficient (Wildman–Crippen LogP) is 4.38. The summed E-state index contributed by atoms with van der Waals surface area (Å²) in [6.07, 6.45) is 3.52. The molecule has 0 aliphatic carbocycles. The summed E-state index contributed by atoms with van der Waals surface area (Å²) in [4.78, 5) is 12.2. The van der Waals surface area contributed by atoms with E-state index < -0.39 is 0 Å². The van der Waals surface area contributed by atoms with Gasteiger partial charge in [-0.25, -0.2) is 0 Å². The van der Waals surface area contributed by atoms with Crippen molar-refractivity contribution in [3.05, 3.63) is 47.2 Å². The van der Waals surface area contributed by atoms with Crippen LogP contribution in [0.4, 0.5) is 5.69 Å². The van der Waals surface area contributed by atoms with Gasteiger partial charge in [-0.3, -0.25) is 9.48 Å². The Kier molecular flexibility index (Phi) is 5.91. The maximum absolute atomic E-state index is 12.2. The zero-order valence-corrected chi connectivity index (χ0v) is 14.5. The summed E-state index contributed by atoms with van der Waals surface area (Å²) in [5.74, 6) is 0.763. The summed E-state index contributed by atoms with van der Waals surface area (Å²) < 4.78 is 1.82. The number of nitrogens with zero attached hydrogens (tertiary/aromatic N) is 2. The molecule has 0 radical (unpaired) electrons. The Morgan fingerprint density at radius 1 is 1.32 bits per heavy atom. The number of carbonyl (C=O) groups is 1. The first-order valence-corrected chi connectivity index (χ1v) is 8.59. The minimum Gasteiger partial charge on any atom is -0.322 e. The molecule has 1 N–H and O–H groups in total. The molecular formula is C16H20ClN3OS. The van der Waals surface area contributed by atoms with Gasteiger partial charge in [-0.1, -0.05) is 23.7 Å². The second kappa shape index (κ2) is 7.70. The third-order valence-electron chi connectivity index (χ3n) is 3.18. The van der Waals surface area contributed by atoms with E-state index >= 15 is 0 Å². The summed E-state index contributed by atoms with van der Waals surface area (Å²) in [6.45, 7) is 6.00. The largest absolute Gasteiger partial charge is 0.322 e. The van der Waals surface area contributed by atoms with Crippen molar-refractivity contribution in [1.82, 2.24) is 9.78 Å². The summed E-state index contributed by atoms with van der Waals surface area (Å²) in [7, 11) is 0. The van der Waals surface area contributed by atoms with Crippen molar-refractivity contribution in [3.63, 3.8) is 0 Å². The third kappa shape index (κ3) is 4.78. The molecule has 0 fully saturated rings. The number of halogens is 1. The maximum Gasteiger partial charge on any atom is 0.237 e. The number of hydrogen-bond acceptors (Lipinski definition) is 3. The summed E-state index contributed by atoms with van der Waals surface area (Å²) >= 11 is 7.45. The molecule has 4 nitrogen and oxygen atoms in total. The number of nitrogens with one attached hydrogen (secondary N) is 1. The van der Waals surface area contributed by atoms with Gasteiger partial charge in [-0.15, -0.1) is 11.8 Å². The average Bonchev–Trinajstić information content (AvgIpc) is 2.95.